The summed E-state index contributed by atoms with van der Waals surface area (Å²) < 4.78 is 33.4. The molecular formula is C17H28N2O3S. The third-order valence-corrected chi connectivity index (χ3v) is 5.55. The number of nitrogens with zero attached hydrogens (tertiary/aromatic N) is 1. The molecule has 1 saturated heterocycles. The van der Waals surface area contributed by atoms with Crippen LogP contribution in [0.1, 0.15) is 25.0 Å². The summed E-state index contributed by atoms with van der Waals surface area (Å²) in [6.07, 6.45) is -0.0944. The zero-order valence-electron chi connectivity index (χ0n) is 14.5. The summed E-state index contributed by atoms with van der Waals surface area (Å²) in [5, 5.41) is 0. The van der Waals surface area contributed by atoms with Crippen LogP contribution >= 0.6 is 0 Å². The maximum atomic E-state index is 12.5. The Labute approximate surface area is 140 Å². The summed E-state index contributed by atoms with van der Waals surface area (Å²) in [4.78, 5) is 2.68. The third-order valence-electron chi connectivity index (χ3n) is 3.97. The van der Waals surface area contributed by atoms with E-state index in [-0.39, 0.29) is 6.10 Å². The highest BCUT2D eigenvalue weighted by molar-refractivity contribution is 7.89. The van der Waals surface area contributed by atoms with E-state index in [0.29, 0.717) is 24.0 Å². The second-order valence-corrected chi connectivity index (χ2v) is 8.50. The van der Waals surface area contributed by atoms with Crippen molar-refractivity contribution in [3.63, 3.8) is 0 Å². The first-order chi connectivity index (χ1) is 10.8. The van der Waals surface area contributed by atoms with Gasteiger partial charge in [-0.05, 0) is 31.4 Å². The number of ether oxygens (including phenoxy) is 1. The average molecular weight is 340 g/mol. The minimum atomic E-state index is -3.50. The standard InChI is InChI=1S/C17H28N2O3S/c1-13(2)11-19-7-8-22-16(12-19)10-18-23(20,21)17-6-5-14(3)9-15(17)4/h5-6,9,13,16,18H,7-8,10-12H2,1-4H3. The van der Waals surface area contributed by atoms with Crippen LogP contribution in [0.5, 0.6) is 0 Å². The topological polar surface area (TPSA) is 58.6 Å². The molecule has 0 amide bonds. The summed E-state index contributed by atoms with van der Waals surface area (Å²) in [5.41, 5.74) is 1.82. The van der Waals surface area contributed by atoms with Gasteiger partial charge >= 0.3 is 0 Å². The van der Waals surface area contributed by atoms with Gasteiger partial charge < -0.3 is 4.74 Å². The molecule has 1 fully saturated rings. The van der Waals surface area contributed by atoms with E-state index in [1.54, 1.807) is 6.07 Å². The van der Waals surface area contributed by atoms with Crippen LogP contribution in [-0.4, -0.2) is 52.2 Å². The lowest BCUT2D eigenvalue weighted by molar-refractivity contribution is -0.0280. The summed E-state index contributed by atoms with van der Waals surface area (Å²) in [5.74, 6) is 0.598. The second-order valence-electron chi connectivity index (χ2n) is 6.77. The summed E-state index contributed by atoms with van der Waals surface area (Å²) in [6, 6.07) is 5.37. The molecule has 1 aromatic rings. The van der Waals surface area contributed by atoms with Crippen LogP contribution in [0, 0.1) is 19.8 Å². The largest absolute Gasteiger partial charge is 0.374 e. The molecule has 0 radical (unpaired) electrons. The average Bonchev–Trinajstić information content (AvgIpc) is 2.44. The normalized spacial score (nSPS) is 20.1. The highest BCUT2D eigenvalue weighted by atomic mass is 32.2. The Hall–Kier alpha value is -0.950. The van der Waals surface area contributed by atoms with Crippen molar-refractivity contribution in [2.75, 3.05) is 32.8 Å². The van der Waals surface area contributed by atoms with Crippen molar-refractivity contribution in [2.24, 2.45) is 5.92 Å². The first kappa shape index (κ1) is 18.4. The number of hydrogen-bond donors (Lipinski definition) is 1. The van der Waals surface area contributed by atoms with E-state index in [1.807, 2.05) is 26.0 Å². The minimum absolute atomic E-state index is 0.0944. The first-order valence-corrected chi connectivity index (χ1v) is 9.67. The first-order valence-electron chi connectivity index (χ1n) is 8.19. The molecule has 1 unspecified atom stereocenters. The highest BCUT2D eigenvalue weighted by Gasteiger charge is 2.24. The molecule has 2 rings (SSSR count). The van der Waals surface area contributed by atoms with E-state index in [4.69, 9.17) is 4.74 Å². The molecule has 1 aliphatic rings. The van der Waals surface area contributed by atoms with Crippen molar-refractivity contribution in [3.05, 3.63) is 29.3 Å². The van der Waals surface area contributed by atoms with Crippen LogP contribution in [0.4, 0.5) is 0 Å². The molecule has 1 heterocycles. The van der Waals surface area contributed by atoms with Crippen LogP contribution in [0.15, 0.2) is 23.1 Å². The molecule has 0 bridgehead atoms. The van der Waals surface area contributed by atoms with E-state index in [0.717, 1.165) is 30.8 Å². The summed E-state index contributed by atoms with van der Waals surface area (Å²) >= 11 is 0. The Morgan fingerprint density at radius 2 is 2.09 bits per heavy atom. The molecule has 5 nitrogen and oxygen atoms in total. The van der Waals surface area contributed by atoms with Crippen LogP contribution < -0.4 is 4.72 Å². The van der Waals surface area contributed by atoms with E-state index >= 15 is 0 Å². The van der Waals surface area contributed by atoms with Crippen molar-refractivity contribution < 1.29 is 13.2 Å². The SMILES string of the molecule is Cc1ccc(S(=O)(=O)NCC2CN(CC(C)C)CCO2)c(C)c1. The second kappa shape index (κ2) is 7.75. The van der Waals surface area contributed by atoms with E-state index in [1.165, 1.54) is 0 Å². The Bertz CT molecular complexity index is 629. The number of hydrogen-bond acceptors (Lipinski definition) is 4. The van der Waals surface area contributed by atoms with Crippen molar-refractivity contribution in [3.8, 4) is 0 Å². The smallest absolute Gasteiger partial charge is 0.240 e. The molecule has 1 aliphatic heterocycles. The minimum Gasteiger partial charge on any atom is -0.374 e. The third kappa shape index (κ3) is 5.28. The fourth-order valence-electron chi connectivity index (χ4n) is 2.97. The molecule has 130 valence electrons. The number of morpholine rings is 1. The van der Waals surface area contributed by atoms with Crippen molar-refractivity contribution in [2.45, 2.75) is 38.7 Å². The Morgan fingerprint density at radius 3 is 2.74 bits per heavy atom. The highest BCUT2D eigenvalue weighted by Crippen LogP contribution is 2.16. The fourth-order valence-corrected chi connectivity index (χ4v) is 4.26. The van der Waals surface area contributed by atoms with Gasteiger partial charge in [0, 0.05) is 26.2 Å². The number of nitrogens with one attached hydrogen (secondary N) is 1. The molecule has 23 heavy (non-hydrogen) atoms. The van der Waals surface area contributed by atoms with Crippen molar-refractivity contribution in [1.29, 1.82) is 0 Å². The Balaban J connectivity index is 1.96. The molecule has 6 heteroatoms. The van der Waals surface area contributed by atoms with Crippen LogP contribution in [0.3, 0.4) is 0 Å². The Morgan fingerprint density at radius 1 is 1.35 bits per heavy atom. The number of sulfonamides is 1. The lowest BCUT2D eigenvalue weighted by Crippen LogP contribution is -2.48. The van der Waals surface area contributed by atoms with Crippen molar-refractivity contribution in [1.82, 2.24) is 9.62 Å². The summed E-state index contributed by atoms with van der Waals surface area (Å²) in [7, 11) is -3.50. The quantitative estimate of drug-likeness (QED) is 0.860. The maximum Gasteiger partial charge on any atom is 0.240 e. The van der Waals surface area contributed by atoms with Gasteiger partial charge in [0.2, 0.25) is 10.0 Å². The van der Waals surface area contributed by atoms with E-state index in [2.05, 4.69) is 23.5 Å². The lowest BCUT2D eigenvalue weighted by Gasteiger charge is -2.33. The number of rotatable bonds is 6. The molecular weight excluding hydrogens is 312 g/mol. The maximum absolute atomic E-state index is 12.5. The monoisotopic (exact) mass is 340 g/mol. The number of benzene rings is 1. The van der Waals surface area contributed by atoms with Gasteiger partial charge in [0.1, 0.15) is 0 Å². The zero-order valence-corrected chi connectivity index (χ0v) is 15.3. The molecule has 0 aliphatic carbocycles. The van der Waals surface area contributed by atoms with Gasteiger partial charge in [-0.25, -0.2) is 13.1 Å². The molecule has 0 aromatic heterocycles. The fraction of sp³-hybridized carbons (Fsp3) is 0.647. The van der Waals surface area contributed by atoms with Crippen LogP contribution in [-0.2, 0) is 14.8 Å². The van der Waals surface area contributed by atoms with Gasteiger partial charge in [0.05, 0.1) is 17.6 Å². The van der Waals surface area contributed by atoms with Gasteiger partial charge in [0.15, 0.2) is 0 Å². The predicted octanol–water partition coefficient (Wildman–Crippen LogP) is 1.94. The summed E-state index contributed by atoms with van der Waals surface area (Å²) in [6.45, 7) is 11.8. The van der Waals surface area contributed by atoms with Crippen LogP contribution in [0.25, 0.3) is 0 Å². The van der Waals surface area contributed by atoms with Crippen LogP contribution in [0.2, 0.25) is 0 Å². The molecule has 1 atom stereocenters. The molecule has 1 N–H and O–H groups in total. The van der Waals surface area contributed by atoms with Crippen molar-refractivity contribution >= 4 is 10.0 Å². The zero-order chi connectivity index (χ0) is 17.0. The lowest BCUT2D eigenvalue weighted by atomic mass is 10.2. The molecule has 0 spiro atoms. The van der Waals surface area contributed by atoms with Gasteiger partial charge in [-0.15, -0.1) is 0 Å². The van der Waals surface area contributed by atoms with Gasteiger partial charge in [-0.1, -0.05) is 31.5 Å². The van der Waals surface area contributed by atoms with Gasteiger partial charge in [-0.3, -0.25) is 4.90 Å². The van der Waals surface area contributed by atoms with E-state index in [9.17, 15) is 8.42 Å². The predicted molar refractivity (Wildman–Crippen MR) is 92.1 cm³/mol. The van der Waals surface area contributed by atoms with E-state index < -0.39 is 10.0 Å². The Kier molecular flexibility index (Phi) is 6.19. The van der Waals surface area contributed by atoms with Gasteiger partial charge in [-0.2, -0.15) is 0 Å². The number of aryl methyl sites for hydroxylation is 2. The molecule has 0 saturated carbocycles. The van der Waals surface area contributed by atoms with Gasteiger partial charge in [0.25, 0.3) is 0 Å². The molecule has 1 aromatic carbocycles.